The maximum absolute atomic E-state index is 12.0. The highest BCUT2D eigenvalue weighted by Gasteiger charge is 2.15. The van der Waals surface area contributed by atoms with Gasteiger partial charge in [0.15, 0.2) is 15.8 Å². The Morgan fingerprint density at radius 3 is 2.48 bits per heavy atom. The highest BCUT2D eigenvalue weighted by atomic mass is 127. The SMILES string of the molecule is I.NC(=NCCS(=O)(=O)c1ccccc1)NC1CCCC1. The Hall–Kier alpha value is -0.830. The summed E-state index contributed by atoms with van der Waals surface area (Å²) in [5.74, 6) is 0.324. The summed E-state index contributed by atoms with van der Waals surface area (Å²) in [7, 11) is -3.27. The number of hydrogen-bond acceptors (Lipinski definition) is 3. The first kappa shape index (κ1) is 18.2. The van der Waals surface area contributed by atoms with Crippen LogP contribution in [0.3, 0.4) is 0 Å². The number of aliphatic imine (C=N–C) groups is 1. The predicted molar refractivity (Wildman–Crippen MR) is 95.8 cm³/mol. The number of sulfone groups is 1. The first-order chi connectivity index (χ1) is 9.58. The van der Waals surface area contributed by atoms with E-state index in [-0.39, 0.29) is 36.3 Å². The molecule has 1 fully saturated rings. The summed E-state index contributed by atoms with van der Waals surface area (Å²) in [5, 5.41) is 3.14. The van der Waals surface area contributed by atoms with Crippen LogP contribution in [0.4, 0.5) is 0 Å². The smallest absolute Gasteiger partial charge is 0.188 e. The van der Waals surface area contributed by atoms with Crippen molar-refractivity contribution in [2.75, 3.05) is 12.3 Å². The number of benzene rings is 1. The largest absolute Gasteiger partial charge is 0.370 e. The number of nitrogens with zero attached hydrogens (tertiary/aromatic N) is 1. The fourth-order valence-corrected chi connectivity index (χ4v) is 3.50. The number of nitrogens with two attached hydrogens (primary N) is 1. The molecule has 0 radical (unpaired) electrons. The first-order valence-electron chi connectivity index (χ1n) is 6.92. The van der Waals surface area contributed by atoms with E-state index in [1.54, 1.807) is 30.3 Å². The lowest BCUT2D eigenvalue weighted by molar-refractivity contribution is 0.595. The maximum Gasteiger partial charge on any atom is 0.188 e. The van der Waals surface area contributed by atoms with Gasteiger partial charge in [-0.1, -0.05) is 31.0 Å². The molecule has 0 amide bonds. The van der Waals surface area contributed by atoms with Crippen LogP contribution in [-0.2, 0) is 9.84 Å². The molecule has 0 aromatic heterocycles. The molecule has 5 nitrogen and oxygen atoms in total. The second kappa shape index (κ2) is 8.57. The van der Waals surface area contributed by atoms with Crippen LogP contribution in [0, 0.1) is 0 Å². The zero-order chi connectivity index (χ0) is 14.4. The molecule has 0 unspecified atom stereocenters. The monoisotopic (exact) mass is 423 g/mol. The minimum absolute atomic E-state index is 0. The summed E-state index contributed by atoms with van der Waals surface area (Å²) >= 11 is 0. The van der Waals surface area contributed by atoms with E-state index in [1.807, 2.05) is 0 Å². The number of guanidine groups is 1. The molecular formula is C14H22IN3O2S. The van der Waals surface area contributed by atoms with Gasteiger partial charge >= 0.3 is 0 Å². The average Bonchev–Trinajstić information content (AvgIpc) is 2.92. The summed E-state index contributed by atoms with van der Waals surface area (Å²) in [6, 6.07) is 8.81. The van der Waals surface area contributed by atoms with Gasteiger partial charge in [-0.25, -0.2) is 8.42 Å². The van der Waals surface area contributed by atoms with Gasteiger partial charge in [-0.2, -0.15) is 0 Å². The molecule has 0 atom stereocenters. The quantitative estimate of drug-likeness (QED) is 0.431. The Kier molecular flexibility index (Phi) is 7.44. The van der Waals surface area contributed by atoms with Crippen LogP contribution in [0.15, 0.2) is 40.2 Å². The Labute approximate surface area is 143 Å². The van der Waals surface area contributed by atoms with Crippen LogP contribution in [0.25, 0.3) is 0 Å². The summed E-state index contributed by atoms with van der Waals surface area (Å²) < 4.78 is 24.1. The van der Waals surface area contributed by atoms with Crippen LogP contribution >= 0.6 is 24.0 Å². The van der Waals surface area contributed by atoms with Gasteiger partial charge < -0.3 is 11.1 Å². The third-order valence-electron chi connectivity index (χ3n) is 3.45. The second-order valence-electron chi connectivity index (χ2n) is 5.02. The number of hydrogen-bond donors (Lipinski definition) is 2. The van der Waals surface area contributed by atoms with Crippen molar-refractivity contribution in [3.63, 3.8) is 0 Å². The average molecular weight is 423 g/mol. The molecule has 0 spiro atoms. The van der Waals surface area contributed by atoms with Crippen LogP contribution in [0.1, 0.15) is 25.7 Å². The zero-order valence-corrected chi connectivity index (χ0v) is 15.0. The molecule has 0 saturated heterocycles. The van der Waals surface area contributed by atoms with Crippen molar-refractivity contribution in [1.29, 1.82) is 0 Å². The van der Waals surface area contributed by atoms with Gasteiger partial charge in [0.1, 0.15) is 0 Å². The summed E-state index contributed by atoms with van der Waals surface area (Å²) in [5.41, 5.74) is 5.77. The van der Waals surface area contributed by atoms with Gasteiger partial charge in [0.25, 0.3) is 0 Å². The third kappa shape index (κ3) is 5.82. The summed E-state index contributed by atoms with van der Waals surface area (Å²) in [4.78, 5) is 4.43. The van der Waals surface area contributed by atoms with Gasteiger partial charge in [-0.3, -0.25) is 4.99 Å². The third-order valence-corrected chi connectivity index (χ3v) is 5.16. The van der Waals surface area contributed by atoms with Crippen LogP contribution in [-0.4, -0.2) is 32.7 Å². The molecule has 0 heterocycles. The topological polar surface area (TPSA) is 84.5 Å². The normalized spacial score (nSPS) is 16.5. The number of rotatable bonds is 5. The van der Waals surface area contributed by atoms with Crippen molar-refractivity contribution < 1.29 is 8.42 Å². The van der Waals surface area contributed by atoms with Gasteiger partial charge in [0.2, 0.25) is 0 Å². The van der Waals surface area contributed by atoms with Crippen molar-refractivity contribution >= 4 is 39.8 Å². The molecule has 0 aliphatic heterocycles. The molecule has 3 N–H and O–H groups in total. The van der Waals surface area contributed by atoms with Crippen LogP contribution in [0.2, 0.25) is 0 Å². The molecule has 21 heavy (non-hydrogen) atoms. The van der Waals surface area contributed by atoms with Crippen molar-refractivity contribution in [3.8, 4) is 0 Å². The first-order valence-corrected chi connectivity index (χ1v) is 8.57. The van der Waals surface area contributed by atoms with Crippen molar-refractivity contribution in [3.05, 3.63) is 30.3 Å². The molecule has 0 bridgehead atoms. The van der Waals surface area contributed by atoms with Gasteiger partial charge in [-0.05, 0) is 25.0 Å². The molecule has 1 saturated carbocycles. The van der Waals surface area contributed by atoms with Crippen LogP contribution < -0.4 is 11.1 Å². The van der Waals surface area contributed by atoms with Gasteiger partial charge in [0.05, 0.1) is 17.2 Å². The molecular weight excluding hydrogens is 401 g/mol. The predicted octanol–water partition coefficient (Wildman–Crippen LogP) is 1.93. The van der Waals surface area contributed by atoms with Crippen molar-refractivity contribution in [2.45, 2.75) is 36.6 Å². The second-order valence-corrected chi connectivity index (χ2v) is 7.13. The van der Waals surface area contributed by atoms with Gasteiger partial charge in [0, 0.05) is 6.04 Å². The Bertz CT molecular complexity index is 555. The molecule has 1 aliphatic carbocycles. The summed E-state index contributed by atoms with van der Waals surface area (Å²) in [6.07, 6.45) is 4.65. The number of halogens is 1. The molecule has 2 rings (SSSR count). The molecule has 1 aliphatic rings. The fraction of sp³-hybridized carbons (Fsp3) is 0.500. The minimum atomic E-state index is -3.27. The van der Waals surface area contributed by atoms with Crippen molar-refractivity contribution in [2.24, 2.45) is 10.7 Å². The Balaban J connectivity index is 0.00000220. The Morgan fingerprint density at radius 2 is 1.86 bits per heavy atom. The Morgan fingerprint density at radius 1 is 1.24 bits per heavy atom. The lowest BCUT2D eigenvalue weighted by Gasteiger charge is -2.12. The standard InChI is InChI=1S/C14H21N3O2S.HI/c15-14(17-12-6-4-5-7-12)16-10-11-20(18,19)13-8-2-1-3-9-13;/h1-3,8-9,12H,4-7,10-11H2,(H3,15,16,17);1H. The lowest BCUT2D eigenvalue weighted by Crippen LogP contribution is -2.38. The highest BCUT2D eigenvalue weighted by Crippen LogP contribution is 2.17. The zero-order valence-electron chi connectivity index (χ0n) is 11.9. The molecule has 1 aromatic carbocycles. The van der Waals surface area contributed by atoms with Gasteiger partial charge in [-0.15, -0.1) is 24.0 Å². The molecule has 118 valence electrons. The van der Waals surface area contributed by atoms with E-state index >= 15 is 0 Å². The fourth-order valence-electron chi connectivity index (χ4n) is 2.36. The molecule has 1 aromatic rings. The lowest BCUT2D eigenvalue weighted by atomic mass is 10.3. The maximum atomic E-state index is 12.0. The van der Waals surface area contributed by atoms with Crippen LogP contribution in [0.5, 0.6) is 0 Å². The summed E-state index contributed by atoms with van der Waals surface area (Å²) in [6.45, 7) is 0.183. The van der Waals surface area contributed by atoms with E-state index in [4.69, 9.17) is 5.73 Å². The van der Waals surface area contributed by atoms with E-state index in [2.05, 4.69) is 10.3 Å². The van der Waals surface area contributed by atoms with E-state index < -0.39 is 9.84 Å². The van der Waals surface area contributed by atoms with E-state index in [9.17, 15) is 8.42 Å². The van der Waals surface area contributed by atoms with Crippen molar-refractivity contribution in [1.82, 2.24) is 5.32 Å². The van der Waals surface area contributed by atoms with E-state index in [1.165, 1.54) is 12.8 Å². The minimum Gasteiger partial charge on any atom is -0.370 e. The highest BCUT2D eigenvalue weighted by molar-refractivity contribution is 14.0. The molecule has 7 heteroatoms. The number of nitrogens with one attached hydrogen (secondary N) is 1. The van der Waals surface area contributed by atoms with E-state index in [0.717, 1.165) is 12.8 Å². The van der Waals surface area contributed by atoms with E-state index in [0.29, 0.717) is 16.9 Å².